The number of carbonyl (C=O) groups excluding carboxylic acids is 1. The van der Waals surface area contributed by atoms with Gasteiger partial charge < -0.3 is 16.0 Å². The number of hydrogen-bond donors (Lipinski definition) is 3. The Hall–Kier alpha value is -1.71. The van der Waals surface area contributed by atoms with Crippen molar-refractivity contribution < 1.29 is 17.6 Å². The van der Waals surface area contributed by atoms with Gasteiger partial charge in [0.1, 0.15) is 11.9 Å². The third-order valence-electron chi connectivity index (χ3n) is 3.13. The van der Waals surface area contributed by atoms with E-state index in [1.165, 1.54) is 17.0 Å². The van der Waals surface area contributed by atoms with Crippen LogP contribution in [0.25, 0.3) is 0 Å². The first-order chi connectivity index (χ1) is 9.30. The summed E-state index contributed by atoms with van der Waals surface area (Å²) in [7, 11) is -3.97. The van der Waals surface area contributed by atoms with Gasteiger partial charge in [-0.15, -0.1) is 0 Å². The number of rotatable bonds is 3. The van der Waals surface area contributed by atoms with Crippen LogP contribution in [0.5, 0.6) is 0 Å². The number of anilines is 1. The maximum atomic E-state index is 14.1. The zero-order valence-electron chi connectivity index (χ0n) is 10.5. The molecule has 1 atom stereocenters. The molecule has 1 aromatic carbocycles. The summed E-state index contributed by atoms with van der Waals surface area (Å²) in [4.78, 5) is 12.6. The summed E-state index contributed by atoms with van der Waals surface area (Å²) in [6, 6.07) is 2.65. The average molecular weight is 302 g/mol. The molecule has 110 valence electrons. The van der Waals surface area contributed by atoms with Crippen LogP contribution in [0.1, 0.15) is 0 Å². The highest BCUT2D eigenvalue weighted by molar-refractivity contribution is 7.89. The van der Waals surface area contributed by atoms with Crippen molar-refractivity contribution in [2.45, 2.75) is 10.9 Å². The molecular weight excluding hydrogens is 287 g/mol. The molecule has 1 heterocycles. The maximum absolute atomic E-state index is 14.1. The van der Waals surface area contributed by atoms with E-state index in [-0.39, 0.29) is 10.6 Å². The summed E-state index contributed by atoms with van der Waals surface area (Å²) < 4.78 is 36.4. The standard InChI is InChI=1S/C11H15FN4O3S/c12-8-5-7(20(14,18)19)1-2-9(8)16-4-3-15-6-10(16)11(13)17/h1-2,5,10,15H,3-4,6H2,(H2,13,17)(H2,14,18,19). The molecule has 0 bridgehead atoms. The molecule has 1 saturated heterocycles. The monoisotopic (exact) mass is 302 g/mol. The predicted octanol–water partition coefficient (Wildman–Crippen LogP) is -1.26. The van der Waals surface area contributed by atoms with Gasteiger partial charge in [0.15, 0.2) is 0 Å². The molecule has 1 fully saturated rings. The number of carbonyl (C=O) groups is 1. The van der Waals surface area contributed by atoms with Crippen molar-refractivity contribution in [1.82, 2.24) is 5.32 Å². The van der Waals surface area contributed by atoms with Crippen LogP contribution in [0.2, 0.25) is 0 Å². The summed E-state index contributed by atoms with van der Waals surface area (Å²) in [5.41, 5.74) is 5.41. The van der Waals surface area contributed by atoms with Crippen molar-refractivity contribution in [3.8, 4) is 0 Å². The van der Waals surface area contributed by atoms with Gasteiger partial charge in [-0.3, -0.25) is 4.79 Å². The van der Waals surface area contributed by atoms with Gasteiger partial charge in [-0.2, -0.15) is 0 Å². The molecule has 0 radical (unpaired) electrons. The lowest BCUT2D eigenvalue weighted by Crippen LogP contribution is -2.57. The van der Waals surface area contributed by atoms with E-state index < -0.39 is 27.8 Å². The number of primary sulfonamides is 1. The number of nitrogens with zero attached hydrogens (tertiary/aromatic N) is 1. The minimum absolute atomic E-state index is 0.128. The smallest absolute Gasteiger partial charge is 0.241 e. The first-order valence-corrected chi connectivity index (χ1v) is 7.44. The van der Waals surface area contributed by atoms with Crippen molar-refractivity contribution in [2.75, 3.05) is 24.5 Å². The number of nitrogens with two attached hydrogens (primary N) is 2. The normalized spacial score (nSPS) is 19.9. The molecule has 2 rings (SSSR count). The second kappa shape index (κ2) is 5.35. The van der Waals surface area contributed by atoms with Crippen LogP contribution in [0.15, 0.2) is 23.1 Å². The molecule has 0 saturated carbocycles. The zero-order chi connectivity index (χ0) is 14.9. The summed E-state index contributed by atoms with van der Waals surface area (Å²) in [5.74, 6) is -1.34. The number of sulfonamides is 1. The van der Waals surface area contributed by atoms with E-state index in [1.807, 2.05) is 0 Å². The average Bonchev–Trinajstić information content (AvgIpc) is 2.37. The fraction of sp³-hybridized carbons (Fsp3) is 0.364. The Labute approximate surface area is 115 Å². The van der Waals surface area contributed by atoms with Gasteiger partial charge in [-0.05, 0) is 18.2 Å². The lowest BCUT2D eigenvalue weighted by atomic mass is 10.1. The topological polar surface area (TPSA) is 119 Å². The van der Waals surface area contributed by atoms with E-state index in [0.717, 1.165) is 6.07 Å². The molecule has 9 heteroatoms. The second-order valence-corrected chi connectivity index (χ2v) is 6.04. The van der Waals surface area contributed by atoms with Crippen LogP contribution in [-0.2, 0) is 14.8 Å². The molecule has 1 amide bonds. The summed E-state index contributed by atoms with van der Waals surface area (Å²) in [6.45, 7) is 1.27. The Morgan fingerprint density at radius 3 is 2.70 bits per heavy atom. The van der Waals surface area contributed by atoms with E-state index in [2.05, 4.69) is 5.32 Å². The Balaban J connectivity index is 2.39. The minimum Gasteiger partial charge on any atom is -0.368 e. The number of halogens is 1. The van der Waals surface area contributed by atoms with Crippen LogP contribution in [0.3, 0.4) is 0 Å². The third kappa shape index (κ3) is 2.89. The molecule has 7 nitrogen and oxygen atoms in total. The highest BCUT2D eigenvalue weighted by Crippen LogP contribution is 2.24. The minimum atomic E-state index is -3.97. The van der Waals surface area contributed by atoms with Crippen LogP contribution < -0.4 is 21.1 Å². The highest BCUT2D eigenvalue weighted by Gasteiger charge is 2.29. The van der Waals surface area contributed by atoms with Gasteiger partial charge in [0.25, 0.3) is 0 Å². The molecule has 0 aliphatic carbocycles. The zero-order valence-corrected chi connectivity index (χ0v) is 11.4. The maximum Gasteiger partial charge on any atom is 0.241 e. The van der Waals surface area contributed by atoms with E-state index in [4.69, 9.17) is 10.9 Å². The quantitative estimate of drug-likeness (QED) is 0.644. The number of nitrogens with one attached hydrogen (secondary N) is 1. The molecule has 20 heavy (non-hydrogen) atoms. The van der Waals surface area contributed by atoms with Crippen molar-refractivity contribution in [3.63, 3.8) is 0 Å². The van der Waals surface area contributed by atoms with Crippen LogP contribution in [-0.4, -0.2) is 40.0 Å². The molecule has 1 unspecified atom stereocenters. The van der Waals surface area contributed by atoms with Gasteiger partial charge in [-0.25, -0.2) is 17.9 Å². The number of piperazine rings is 1. The van der Waals surface area contributed by atoms with E-state index in [1.54, 1.807) is 0 Å². The summed E-state index contributed by atoms with van der Waals surface area (Å²) in [6.07, 6.45) is 0. The van der Waals surface area contributed by atoms with Crippen LogP contribution in [0, 0.1) is 5.82 Å². The number of benzene rings is 1. The van der Waals surface area contributed by atoms with Gasteiger partial charge >= 0.3 is 0 Å². The number of amides is 1. The number of primary amides is 1. The largest absolute Gasteiger partial charge is 0.368 e. The van der Waals surface area contributed by atoms with Gasteiger partial charge in [0.05, 0.1) is 10.6 Å². The molecule has 0 spiro atoms. The molecule has 0 aromatic heterocycles. The fourth-order valence-corrected chi connectivity index (χ4v) is 2.67. The Bertz CT molecular complexity index is 635. The molecule has 1 aliphatic heterocycles. The second-order valence-electron chi connectivity index (χ2n) is 4.47. The molecule has 1 aromatic rings. The first kappa shape index (κ1) is 14.7. The fourth-order valence-electron chi connectivity index (χ4n) is 2.14. The van der Waals surface area contributed by atoms with Crippen molar-refractivity contribution in [3.05, 3.63) is 24.0 Å². The Morgan fingerprint density at radius 1 is 1.45 bits per heavy atom. The van der Waals surface area contributed by atoms with Crippen molar-refractivity contribution >= 4 is 21.6 Å². The van der Waals surface area contributed by atoms with Crippen LogP contribution >= 0.6 is 0 Å². The Morgan fingerprint density at radius 2 is 2.15 bits per heavy atom. The van der Waals surface area contributed by atoms with Gasteiger partial charge in [-0.1, -0.05) is 0 Å². The van der Waals surface area contributed by atoms with Crippen LogP contribution in [0.4, 0.5) is 10.1 Å². The molecule has 5 N–H and O–H groups in total. The number of hydrogen-bond acceptors (Lipinski definition) is 5. The van der Waals surface area contributed by atoms with E-state index in [9.17, 15) is 17.6 Å². The van der Waals surface area contributed by atoms with Gasteiger partial charge in [0, 0.05) is 19.6 Å². The SMILES string of the molecule is NC(=O)C1CNCCN1c1ccc(S(N)(=O)=O)cc1F. The van der Waals surface area contributed by atoms with E-state index in [0.29, 0.717) is 19.6 Å². The van der Waals surface area contributed by atoms with Crippen molar-refractivity contribution in [1.29, 1.82) is 0 Å². The predicted molar refractivity (Wildman–Crippen MR) is 71.0 cm³/mol. The lowest BCUT2D eigenvalue weighted by Gasteiger charge is -2.36. The van der Waals surface area contributed by atoms with E-state index >= 15 is 0 Å². The Kier molecular flexibility index (Phi) is 3.93. The third-order valence-corrected chi connectivity index (χ3v) is 4.04. The van der Waals surface area contributed by atoms with Gasteiger partial charge in [0.2, 0.25) is 15.9 Å². The first-order valence-electron chi connectivity index (χ1n) is 5.90. The summed E-state index contributed by atoms with van der Waals surface area (Å²) >= 11 is 0. The lowest BCUT2D eigenvalue weighted by molar-refractivity contribution is -0.119. The molecular formula is C11H15FN4O3S. The van der Waals surface area contributed by atoms with Crippen molar-refractivity contribution in [2.24, 2.45) is 10.9 Å². The molecule has 1 aliphatic rings. The highest BCUT2D eigenvalue weighted by atomic mass is 32.2. The summed E-state index contributed by atoms with van der Waals surface area (Å²) in [5, 5.41) is 7.93.